The van der Waals surface area contributed by atoms with E-state index in [-0.39, 0.29) is 29.7 Å². The molecule has 0 bridgehead atoms. The Morgan fingerprint density at radius 2 is 1.77 bits per heavy atom. The van der Waals surface area contributed by atoms with Gasteiger partial charge in [-0.2, -0.15) is 0 Å². The van der Waals surface area contributed by atoms with E-state index in [0.29, 0.717) is 19.3 Å². The Morgan fingerprint density at radius 3 is 2.50 bits per heavy atom. The van der Waals surface area contributed by atoms with Crippen molar-refractivity contribution in [2.24, 2.45) is 0 Å². The highest BCUT2D eigenvalue weighted by molar-refractivity contribution is 6.15. The van der Waals surface area contributed by atoms with E-state index in [9.17, 15) is 19.2 Å². The first kappa shape index (κ1) is 15.7. The zero-order valence-electron chi connectivity index (χ0n) is 11.7. The number of fused-ring (bicyclic) bond motifs is 1. The van der Waals surface area contributed by atoms with Gasteiger partial charge in [-0.25, -0.2) is 14.4 Å². The van der Waals surface area contributed by atoms with E-state index >= 15 is 0 Å². The zero-order chi connectivity index (χ0) is 16.1. The molecule has 1 N–H and O–H groups in total. The predicted octanol–water partition coefficient (Wildman–Crippen LogP) is 1.80. The molecule has 116 valence electrons. The number of esters is 3. The van der Waals surface area contributed by atoms with Crippen LogP contribution < -0.4 is 0 Å². The highest BCUT2D eigenvalue weighted by Crippen LogP contribution is 2.21. The van der Waals surface area contributed by atoms with Crippen LogP contribution in [0.1, 0.15) is 56.8 Å². The highest BCUT2D eigenvalue weighted by atomic mass is 16.6. The van der Waals surface area contributed by atoms with Gasteiger partial charge in [0, 0.05) is 6.42 Å². The SMILES string of the molecule is O=C(O)CCCCCOC(=O)c1ccc2c(c1)C(=O)OC2=O. The van der Waals surface area contributed by atoms with Crippen molar-refractivity contribution >= 4 is 23.9 Å². The van der Waals surface area contributed by atoms with E-state index < -0.39 is 23.9 Å². The van der Waals surface area contributed by atoms with E-state index in [0.717, 1.165) is 0 Å². The number of rotatable bonds is 7. The van der Waals surface area contributed by atoms with Crippen LogP contribution >= 0.6 is 0 Å². The third-order valence-corrected chi connectivity index (χ3v) is 3.15. The number of unbranched alkanes of at least 4 members (excludes halogenated alkanes) is 2. The molecule has 1 aromatic rings. The van der Waals surface area contributed by atoms with Gasteiger partial charge < -0.3 is 14.6 Å². The fourth-order valence-corrected chi connectivity index (χ4v) is 2.02. The lowest BCUT2D eigenvalue weighted by atomic mass is 10.1. The molecular weight excluding hydrogens is 292 g/mol. The Balaban J connectivity index is 1.84. The van der Waals surface area contributed by atoms with Gasteiger partial charge in [-0.05, 0) is 37.5 Å². The minimum atomic E-state index is -0.850. The minimum absolute atomic E-state index is 0.0564. The maximum absolute atomic E-state index is 11.8. The van der Waals surface area contributed by atoms with Crippen LogP contribution in [-0.2, 0) is 14.3 Å². The van der Waals surface area contributed by atoms with Gasteiger partial charge in [-0.1, -0.05) is 0 Å². The summed E-state index contributed by atoms with van der Waals surface area (Å²) in [4.78, 5) is 44.8. The van der Waals surface area contributed by atoms with E-state index in [1.807, 2.05) is 0 Å². The molecule has 0 saturated carbocycles. The summed E-state index contributed by atoms with van der Waals surface area (Å²) in [5, 5.41) is 8.48. The molecule has 0 aromatic heterocycles. The van der Waals surface area contributed by atoms with Crippen LogP contribution in [0.2, 0.25) is 0 Å². The largest absolute Gasteiger partial charge is 0.481 e. The number of hydrogen-bond acceptors (Lipinski definition) is 6. The number of benzene rings is 1. The number of carbonyl (C=O) groups excluding carboxylic acids is 3. The lowest BCUT2D eigenvalue weighted by molar-refractivity contribution is -0.137. The predicted molar refractivity (Wildman–Crippen MR) is 72.6 cm³/mol. The van der Waals surface area contributed by atoms with Gasteiger partial charge in [0.15, 0.2) is 0 Å². The number of carbonyl (C=O) groups is 4. The number of carboxylic acid groups (broad SMARTS) is 1. The van der Waals surface area contributed by atoms with Crippen LogP contribution in [0, 0.1) is 0 Å². The number of cyclic esters (lactones) is 2. The van der Waals surface area contributed by atoms with Gasteiger partial charge in [-0.15, -0.1) is 0 Å². The Bertz CT molecular complexity index is 633. The van der Waals surface area contributed by atoms with Gasteiger partial charge in [0.1, 0.15) is 0 Å². The molecule has 7 heteroatoms. The van der Waals surface area contributed by atoms with Crippen molar-refractivity contribution in [2.75, 3.05) is 6.61 Å². The Morgan fingerprint density at radius 1 is 1.05 bits per heavy atom. The molecule has 0 aliphatic carbocycles. The van der Waals surface area contributed by atoms with Crippen LogP contribution in [0.15, 0.2) is 18.2 Å². The minimum Gasteiger partial charge on any atom is -0.481 e. The van der Waals surface area contributed by atoms with Crippen LogP contribution in [-0.4, -0.2) is 35.6 Å². The van der Waals surface area contributed by atoms with Crippen molar-refractivity contribution in [1.82, 2.24) is 0 Å². The molecule has 0 atom stereocenters. The van der Waals surface area contributed by atoms with E-state index in [2.05, 4.69) is 4.74 Å². The maximum Gasteiger partial charge on any atom is 0.346 e. The Labute approximate surface area is 125 Å². The summed E-state index contributed by atoms with van der Waals surface area (Å²) in [7, 11) is 0. The van der Waals surface area contributed by atoms with E-state index in [1.54, 1.807) is 0 Å². The van der Waals surface area contributed by atoms with Crippen molar-refractivity contribution in [3.63, 3.8) is 0 Å². The van der Waals surface area contributed by atoms with Crippen LogP contribution in [0.3, 0.4) is 0 Å². The zero-order valence-corrected chi connectivity index (χ0v) is 11.7. The average molecular weight is 306 g/mol. The standard InChI is InChI=1S/C15H14O7/c16-12(17)4-2-1-3-7-21-13(18)9-5-6-10-11(8-9)15(20)22-14(10)19/h5-6,8H,1-4,7H2,(H,16,17). The second kappa shape index (κ2) is 6.84. The molecule has 0 radical (unpaired) electrons. The molecule has 2 rings (SSSR count). The molecule has 0 saturated heterocycles. The number of ether oxygens (including phenoxy) is 2. The van der Waals surface area contributed by atoms with E-state index in [4.69, 9.17) is 9.84 Å². The summed E-state index contributed by atoms with van der Waals surface area (Å²) < 4.78 is 9.47. The number of aliphatic carboxylic acids is 1. The topological polar surface area (TPSA) is 107 Å². The fourth-order valence-electron chi connectivity index (χ4n) is 2.02. The van der Waals surface area contributed by atoms with Gasteiger partial charge >= 0.3 is 23.9 Å². The molecule has 1 heterocycles. The van der Waals surface area contributed by atoms with Crippen LogP contribution in [0.5, 0.6) is 0 Å². The first-order valence-electron chi connectivity index (χ1n) is 6.78. The third-order valence-electron chi connectivity index (χ3n) is 3.15. The summed E-state index contributed by atoms with van der Waals surface area (Å²) in [5.41, 5.74) is 0.354. The molecule has 1 aromatic carbocycles. The summed E-state index contributed by atoms with van der Waals surface area (Å²) in [6.45, 7) is 0.166. The average Bonchev–Trinajstić information content (AvgIpc) is 2.76. The van der Waals surface area contributed by atoms with Crippen LogP contribution in [0.25, 0.3) is 0 Å². The first-order chi connectivity index (χ1) is 10.5. The molecule has 0 spiro atoms. The van der Waals surface area contributed by atoms with E-state index in [1.165, 1.54) is 18.2 Å². The normalized spacial score (nSPS) is 12.7. The van der Waals surface area contributed by atoms with Crippen molar-refractivity contribution in [3.05, 3.63) is 34.9 Å². The van der Waals surface area contributed by atoms with Gasteiger partial charge in [-0.3, -0.25) is 4.79 Å². The molecule has 0 amide bonds. The summed E-state index contributed by atoms with van der Waals surface area (Å²) in [5.74, 6) is -2.95. The van der Waals surface area contributed by atoms with Gasteiger partial charge in [0.25, 0.3) is 0 Å². The van der Waals surface area contributed by atoms with Gasteiger partial charge in [0.05, 0.1) is 23.3 Å². The molecule has 0 unspecified atom stereocenters. The van der Waals surface area contributed by atoms with Crippen molar-refractivity contribution in [3.8, 4) is 0 Å². The lowest BCUT2D eigenvalue weighted by Crippen LogP contribution is -2.08. The summed E-state index contributed by atoms with van der Waals surface area (Å²) in [6.07, 6.45) is 1.82. The summed E-state index contributed by atoms with van der Waals surface area (Å²) in [6, 6.07) is 4.02. The molecule has 7 nitrogen and oxygen atoms in total. The Kier molecular flexibility index (Phi) is 4.88. The second-order valence-corrected chi connectivity index (χ2v) is 4.78. The fraction of sp³-hybridized carbons (Fsp3) is 0.333. The molecule has 1 aliphatic heterocycles. The first-order valence-corrected chi connectivity index (χ1v) is 6.78. The molecule has 0 fully saturated rings. The van der Waals surface area contributed by atoms with Crippen molar-refractivity contribution in [1.29, 1.82) is 0 Å². The second-order valence-electron chi connectivity index (χ2n) is 4.78. The number of carboxylic acids is 1. The van der Waals surface area contributed by atoms with Crippen molar-refractivity contribution < 1.29 is 33.8 Å². The maximum atomic E-state index is 11.8. The molecular formula is C15H14O7. The number of hydrogen-bond donors (Lipinski definition) is 1. The highest BCUT2D eigenvalue weighted by Gasteiger charge is 2.30. The monoisotopic (exact) mass is 306 g/mol. The van der Waals surface area contributed by atoms with Crippen LogP contribution in [0.4, 0.5) is 0 Å². The molecule has 22 heavy (non-hydrogen) atoms. The molecule has 1 aliphatic rings. The summed E-state index contributed by atoms with van der Waals surface area (Å²) >= 11 is 0. The smallest absolute Gasteiger partial charge is 0.346 e. The van der Waals surface area contributed by atoms with Gasteiger partial charge in [0.2, 0.25) is 0 Å². The third kappa shape index (κ3) is 3.69. The quantitative estimate of drug-likeness (QED) is 0.465. The lowest BCUT2D eigenvalue weighted by Gasteiger charge is -2.05. The van der Waals surface area contributed by atoms with Crippen molar-refractivity contribution in [2.45, 2.75) is 25.7 Å². The Hall–Kier alpha value is -2.70.